The summed E-state index contributed by atoms with van der Waals surface area (Å²) in [6, 6.07) is 0.267. The molecule has 0 aliphatic rings. The number of amides is 1. The molecular formula is C11H20N6O2. The summed E-state index contributed by atoms with van der Waals surface area (Å²) >= 11 is 0. The third kappa shape index (κ3) is 5.36. The van der Waals surface area contributed by atoms with Crippen LogP contribution < -0.4 is 20.7 Å². The molecule has 0 unspecified atom stereocenters. The minimum atomic E-state index is -0.0437. The van der Waals surface area contributed by atoms with E-state index in [1.165, 1.54) is 0 Å². The van der Waals surface area contributed by atoms with Gasteiger partial charge < -0.3 is 20.7 Å². The molecule has 0 spiro atoms. The minimum Gasteiger partial charge on any atom is -0.463 e. The SMILES string of the molecule is CCCOc1nc(NC)nc(NCCC(=O)NC)n1. The molecule has 1 amide bonds. The summed E-state index contributed by atoms with van der Waals surface area (Å²) in [5.74, 6) is 0.760. The van der Waals surface area contributed by atoms with E-state index in [-0.39, 0.29) is 11.9 Å². The van der Waals surface area contributed by atoms with Gasteiger partial charge in [-0.3, -0.25) is 4.79 Å². The molecule has 0 fully saturated rings. The Balaban J connectivity index is 2.62. The predicted octanol–water partition coefficient (Wildman–Crippen LogP) is 0.250. The average molecular weight is 268 g/mol. The van der Waals surface area contributed by atoms with Crippen molar-refractivity contribution >= 4 is 17.8 Å². The van der Waals surface area contributed by atoms with Crippen LogP contribution in [0.2, 0.25) is 0 Å². The molecule has 1 aromatic rings. The molecule has 0 atom stereocenters. The van der Waals surface area contributed by atoms with Gasteiger partial charge >= 0.3 is 6.01 Å². The van der Waals surface area contributed by atoms with Crippen molar-refractivity contribution in [3.05, 3.63) is 0 Å². The van der Waals surface area contributed by atoms with Crippen molar-refractivity contribution < 1.29 is 9.53 Å². The number of aromatic nitrogens is 3. The average Bonchev–Trinajstić information content (AvgIpc) is 2.44. The molecule has 0 radical (unpaired) electrons. The summed E-state index contributed by atoms with van der Waals surface area (Å²) in [6.45, 7) is 2.99. The first-order chi connectivity index (χ1) is 9.19. The number of hydrogen-bond donors (Lipinski definition) is 3. The fourth-order valence-corrected chi connectivity index (χ4v) is 1.22. The quantitative estimate of drug-likeness (QED) is 0.621. The van der Waals surface area contributed by atoms with Crippen LogP contribution in [0.15, 0.2) is 0 Å². The minimum absolute atomic E-state index is 0.0437. The maximum atomic E-state index is 11.1. The lowest BCUT2D eigenvalue weighted by molar-refractivity contribution is -0.120. The Morgan fingerprint density at radius 3 is 2.58 bits per heavy atom. The maximum Gasteiger partial charge on any atom is 0.323 e. The van der Waals surface area contributed by atoms with E-state index in [0.717, 1.165) is 6.42 Å². The number of carbonyl (C=O) groups excluding carboxylic acids is 1. The summed E-state index contributed by atoms with van der Waals surface area (Å²) < 4.78 is 5.37. The Bertz CT molecular complexity index is 412. The molecule has 3 N–H and O–H groups in total. The molecule has 106 valence electrons. The van der Waals surface area contributed by atoms with E-state index >= 15 is 0 Å². The lowest BCUT2D eigenvalue weighted by atomic mass is 10.4. The third-order valence-electron chi connectivity index (χ3n) is 2.19. The second kappa shape index (κ2) is 8.06. The number of carbonyl (C=O) groups is 1. The molecule has 0 aliphatic carbocycles. The second-order valence-corrected chi connectivity index (χ2v) is 3.71. The summed E-state index contributed by atoms with van der Waals surface area (Å²) in [7, 11) is 3.31. The Labute approximate surface area is 112 Å². The molecule has 0 bridgehead atoms. The summed E-state index contributed by atoms with van der Waals surface area (Å²) in [5, 5.41) is 8.34. The highest BCUT2D eigenvalue weighted by atomic mass is 16.5. The lowest BCUT2D eigenvalue weighted by Crippen LogP contribution is -2.21. The molecule has 0 saturated heterocycles. The highest BCUT2D eigenvalue weighted by molar-refractivity contribution is 5.75. The predicted molar refractivity (Wildman–Crippen MR) is 72.3 cm³/mol. The molecule has 0 aromatic carbocycles. The standard InChI is InChI=1S/C11H20N6O2/c1-4-7-19-11-16-9(13-3)15-10(17-11)14-6-5-8(18)12-2/h4-7H2,1-3H3,(H,12,18)(H2,13,14,15,16,17). The van der Waals surface area contributed by atoms with Crippen molar-refractivity contribution in [2.45, 2.75) is 19.8 Å². The Kier molecular flexibility index (Phi) is 6.34. The summed E-state index contributed by atoms with van der Waals surface area (Å²) in [5.41, 5.74) is 0. The molecule has 1 heterocycles. The van der Waals surface area contributed by atoms with Crippen LogP contribution in [0, 0.1) is 0 Å². The van der Waals surface area contributed by atoms with Gasteiger partial charge in [-0.15, -0.1) is 0 Å². The van der Waals surface area contributed by atoms with Crippen molar-refractivity contribution in [1.29, 1.82) is 0 Å². The van der Waals surface area contributed by atoms with E-state index in [2.05, 4.69) is 30.9 Å². The number of nitrogens with one attached hydrogen (secondary N) is 3. The van der Waals surface area contributed by atoms with E-state index < -0.39 is 0 Å². The fourth-order valence-electron chi connectivity index (χ4n) is 1.22. The van der Waals surface area contributed by atoms with Gasteiger partial charge in [0.1, 0.15) is 0 Å². The van der Waals surface area contributed by atoms with Crippen molar-refractivity contribution in [3.8, 4) is 6.01 Å². The van der Waals surface area contributed by atoms with Crippen LogP contribution in [-0.2, 0) is 4.79 Å². The largest absolute Gasteiger partial charge is 0.463 e. The first kappa shape index (κ1) is 14.9. The molecule has 19 heavy (non-hydrogen) atoms. The van der Waals surface area contributed by atoms with E-state index in [1.54, 1.807) is 14.1 Å². The highest BCUT2D eigenvalue weighted by Crippen LogP contribution is 2.10. The zero-order chi connectivity index (χ0) is 14.1. The highest BCUT2D eigenvalue weighted by Gasteiger charge is 2.06. The van der Waals surface area contributed by atoms with Crippen LogP contribution in [0.5, 0.6) is 6.01 Å². The van der Waals surface area contributed by atoms with Crippen LogP contribution in [-0.4, -0.2) is 48.1 Å². The van der Waals surface area contributed by atoms with Gasteiger partial charge in [0.2, 0.25) is 17.8 Å². The molecular weight excluding hydrogens is 248 g/mol. The number of rotatable bonds is 8. The third-order valence-corrected chi connectivity index (χ3v) is 2.19. The second-order valence-electron chi connectivity index (χ2n) is 3.71. The van der Waals surface area contributed by atoms with E-state index in [0.29, 0.717) is 31.5 Å². The van der Waals surface area contributed by atoms with E-state index in [4.69, 9.17) is 4.74 Å². The Hall–Kier alpha value is -2.12. The van der Waals surface area contributed by atoms with Crippen molar-refractivity contribution in [3.63, 3.8) is 0 Å². The van der Waals surface area contributed by atoms with Gasteiger partial charge in [0.05, 0.1) is 6.61 Å². The fraction of sp³-hybridized carbons (Fsp3) is 0.636. The molecule has 1 rings (SSSR count). The Morgan fingerprint density at radius 1 is 1.21 bits per heavy atom. The van der Waals surface area contributed by atoms with Crippen molar-refractivity contribution in [1.82, 2.24) is 20.3 Å². The van der Waals surface area contributed by atoms with Gasteiger partial charge in [-0.1, -0.05) is 6.92 Å². The maximum absolute atomic E-state index is 11.1. The lowest BCUT2D eigenvalue weighted by Gasteiger charge is -2.08. The van der Waals surface area contributed by atoms with Crippen LogP contribution in [0.1, 0.15) is 19.8 Å². The van der Waals surface area contributed by atoms with Crippen LogP contribution in [0.3, 0.4) is 0 Å². The van der Waals surface area contributed by atoms with Gasteiger partial charge in [0.25, 0.3) is 0 Å². The molecule has 8 heteroatoms. The first-order valence-corrected chi connectivity index (χ1v) is 6.20. The Morgan fingerprint density at radius 2 is 1.95 bits per heavy atom. The van der Waals surface area contributed by atoms with Gasteiger partial charge in [-0.05, 0) is 6.42 Å². The zero-order valence-corrected chi connectivity index (χ0v) is 11.5. The smallest absolute Gasteiger partial charge is 0.323 e. The van der Waals surface area contributed by atoms with E-state index in [1.807, 2.05) is 6.92 Å². The number of nitrogens with zero attached hydrogens (tertiary/aromatic N) is 3. The van der Waals surface area contributed by atoms with Crippen molar-refractivity contribution in [2.75, 3.05) is 37.9 Å². The van der Waals surface area contributed by atoms with Gasteiger partial charge in [0.15, 0.2) is 0 Å². The van der Waals surface area contributed by atoms with Crippen LogP contribution in [0.4, 0.5) is 11.9 Å². The number of anilines is 2. The normalized spacial score (nSPS) is 9.84. The van der Waals surface area contributed by atoms with Gasteiger partial charge in [0, 0.05) is 27.1 Å². The monoisotopic (exact) mass is 268 g/mol. The molecule has 0 aliphatic heterocycles. The van der Waals surface area contributed by atoms with Gasteiger partial charge in [-0.25, -0.2) is 0 Å². The zero-order valence-electron chi connectivity index (χ0n) is 11.5. The van der Waals surface area contributed by atoms with Crippen LogP contribution in [0.25, 0.3) is 0 Å². The molecule has 0 saturated carbocycles. The van der Waals surface area contributed by atoms with E-state index in [9.17, 15) is 4.79 Å². The molecule has 1 aromatic heterocycles. The van der Waals surface area contributed by atoms with Crippen LogP contribution >= 0.6 is 0 Å². The van der Waals surface area contributed by atoms with Crippen molar-refractivity contribution in [2.24, 2.45) is 0 Å². The first-order valence-electron chi connectivity index (χ1n) is 6.20. The topological polar surface area (TPSA) is 101 Å². The number of hydrogen-bond acceptors (Lipinski definition) is 7. The molecule has 8 nitrogen and oxygen atoms in total. The van der Waals surface area contributed by atoms with Gasteiger partial charge in [-0.2, -0.15) is 15.0 Å². The number of ether oxygens (including phenoxy) is 1. The summed E-state index contributed by atoms with van der Waals surface area (Å²) in [4.78, 5) is 23.4. The summed E-state index contributed by atoms with van der Waals surface area (Å²) in [6.07, 6.45) is 1.22.